The molecule has 0 unspecified atom stereocenters. The third-order valence-corrected chi connectivity index (χ3v) is 3.71. The summed E-state index contributed by atoms with van der Waals surface area (Å²) in [6, 6.07) is 0. The van der Waals surface area contributed by atoms with Gasteiger partial charge in [-0.1, -0.05) is 0 Å². The van der Waals surface area contributed by atoms with Gasteiger partial charge in [0.2, 0.25) is 0 Å². The second-order valence-corrected chi connectivity index (χ2v) is 8.17. The SMILES string of the molecule is CC(C)(C)NCCCN1CCN(CCOC(C)(C)C)CC1. The van der Waals surface area contributed by atoms with Gasteiger partial charge in [0, 0.05) is 38.3 Å². The monoisotopic (exact) mass is 299 g/mol. The summed E-state index contributed by atoms with van der Waals surface area (Å²) >= 11 is 0. The molecule has 21 heavy (non-hydrogen) atoms. The maximum absolute atomic E-state index is 5.81. The highest BCUT2D eigenvalue weighted by atomic mass is 16.5. The van der Waals surface area contributed by atoms with E-state index in [0.29, 0.717) is 0 Å². The van der Waals surface area contributed by atoms with Gasteiger partial charge in [-0.3, -0.25) is 4.90 Å². The largest absolute Gasteiger partial charge is 0.375 e. The minimum Gasteiger partial charge on any atom is -0.375 e. The van der Waals surface area contributed by atoms with Crippen molar-refractivity contribution in [3.63, 3.8) is 0 Å². The van der Waals surface area contributed by atoms with Crippen LogP contribution in [0.25, 0.3) is 0 Å². The Hall–Kier alpha value is -0.160. The zero-order valence-corrected chi connectivity index (χ0v) is 15.2. The lowest BCUT2D eigenvalue weighted by atomic mass is 10.1. The molecule has 0 aliphatic carbocycles. The number of nitrogens with one attached hydrogen (secondary N) is 1. The third kappa shape index (κ3) is 10.2. The first kappa shape index (κ1) is 18.9. The average molecular weight is 300 g/mol. The normalized spacial score (nSPS) is 19.1. The molecule has 4 heteroatoms. The number of piperazine rings is 1. The molecule has 1 heterocycles. The van der Waals surface area contributed by atoms with Crippen LogP contribution in [0.3, 0.4) is 0 Å². The number of nitrogens with zero attached hydrogens (tertiary/aromatic N) is 2. The van der Waals surface area contributed by atoms with E-state index >= 15 is 0 Å². The molecule has 1 aliphatic heterocycles. The minimum absolute atomic E-state index is 0.0120. The Bertz CT molecular complexity index is 273. The maximum Gasteiger partial charge on any atom is 0.0600 e. The molecule has 0 amide bonds. The van der Waals surface area contributed by atoms with Crippen molar-refractivity contribution in [1.82, 2.24) is 15.1 Å². The van der Waals surface area contributed by atoms with Crippen molar-refractivity contribution in [2.45, 2.75) is 59.1 Å². The lowest BCUT2D eigenvalue weighted by Gasteiger charge is -2.35. The van der Waals surface area contributed by atoms with Crippen LogP contribution >= 0.6 is 0 Å². The fraction of sp³-hybridized carbons (Fsp3) is 1.00. The number of hydrogen-bond donors (Lipinski definition) is 1. The first-order chi connectivity index (χ1) is 9.66. The Morgan fingerprint density at radius 3 is 1.86 bits per heavy atom. The summed E-state index contributed by atoms with van der Waals surface area (Å²) in [5.74, 6) is 0. The predicted octanol–water partition coefficient (Wildman–Crippen LogP) is 2.20. The summed E-state index contributed by atoms with van der Waals surface area (Å²) in [5, 5.41) is 3.56. The van der Waals surface area contributed by atoms with Crippen LogP contribution in [-0.2, 0) is 4.74 Å². The zero-order valence-electron chi connectivity index (χ0n) is 15.2. The smallest absolute Gasteiger partial charge is 0.0600 e. The number of ether oxygens (including phenoxy) is 1. The molecule has 0 atom stereocenters. The van der Waals surface area contributed by atoms with Crippen molar-refractivity contribution in [3.8, 4) is 0 Å². The molecule has 4 nitrogen and oxygen atoms in total. The molecule has 1 saturated heterocycles. The molecule has 1 fully saturated rings. The molecule has 0 spiro atoms. The van der Waals surface area contributed by atoms with Crippen LogP contribution in [-0.4, -0.2) is 73.4 Å². The van der Waals surface area contributed by atoms with Crippen LogP contribution in [0.15, 0.2) is 0 Å². The molecule has 0 aromatic rings. The van der Waals surface area contributed by atoms with Crippen molar-refractivity contribution in [2.24, 2.45) is 0 Å². The van der Waals surface area contributed by atoms with E-state index in [2.05, 4.69) is 56.7 Å². The van der Waals surface area contributed by atoms with E-state index in [0.717, 1.165) is 19.7 Å². The third-order valence-electron chi connectivity index (χ3n) is 3.71. The van der Waals surface area contributed by atoms with E-state index in [1.165, 1.54) is 39.1 Å². The second-order valence-electron chi connectivity index (χ2n) is 8.17. The highest BCUT2D eigenvalue weighted by Crippen LogP contribution is 2.08. The van der Waals surface area contributed by atoms with Gasteiger partial charge in [0.05, 0.1) is 12.2 Å². The van der Waals surface area contributed by atoms with Crippen LogP contribution in [0.5, 0.6) is 0 Å². The van der Waals surface area contributed by atoms with Gasteiger partial charge in [0.1, 0.15) is 0 Å². The topological polar surface area (TPSA) is 27.7 Å². The molecule has 0 saturated carbocycles. The van der Waals surface area contributed by atoms with Crippen molar-refractivity contribution in [2.75, 3.05) is 52.4 Å². The first-order valence-electron chi connectivity index (χ1n) is 8.49. The summed E-state index contributed by atoms with van der Waals surface area (Å²) in [7, 11) is 0. The number of rotatable bonds is 7. The predicted molar refractivity (Wildman–Crippen MR) is 91.0 cm³/mol. The number of hydrogen-bond acceptors (Lipinski definition) is 4. The summed E-state index contributed by atoms with van der Waals surface area (Å²) in [6.07, 6.45) is 1.24. The Balaban J connectivity index is 2.04. The lowest BCUT2D eigenvalue weighted by molar-refractivity contribution is -0.0178. The van der Waals surface area contributed by atoms with Crippen LogP contribution in [0.1, 0.15) is 48.0 Å². The minimum atomic E-state index is -0.0120. The van der Waals surface area contributed by atoms with E-state index in [9.17, 15) is 0 Å². The van der Waals surface area contributed by atoms with Gasteiger partial charge < -0.3 is 15.0 Å². The quantitative estimate of drug-likeness (QED) is 0.729. The maximum atomic E-state index is 5.81. The molecule has 0 aromatic heterocycles. The Kier molecular flexibility index (Phi) is 7.62. The van der Waals surface area contributed by atoms with Crippen molar-refractivity contribution in [3.05, 3.63) is 0 Å². The van der Waals surface area contributed by atoms with Crippen LogP contribution in [0.4, 0.5) is 0 Å². The summed E-state index contributed by atoms with van der Waals surface area (Å²) < 4.78 is 5.81. The Morgan fingerprint density at radius 2 is 1.38 bits per heavy atom. The standard InChI is InChI=1S/C17H37N3O/c1-16(2,3)18-8-7-9-19-10-12-20(13-11-19)14-15-21-17(4,5)6/h18H,7-15H2,1-6H3. The van der Waals surface area contributed by atoms with Gasteiger partial charge >= 0.3 is 0 Å². The summed E-state index contributed by atoms with van der Waals surface area (Å²) in [5.41, 5.74) is 0.230. The van der Waals surface area contributed by atoms with Gasteiger partial charge in [-0.05, 0) is 61.1 Å². The van der Waals surface area contributed by atoms with Crippen LogP contribution in [0.2, 0.25) is 0 Å². The van der Waals surface area contributed by atoms with Crippen molar-refractivity contribution >= 4 is 0 Å². The molecule has 0 radical (unpaired) electrons. The van der Waals surface area contributed by atoms with Gasteiger partial charge in [-0.2, -0.15) is 0 Å². The Labute approximate surface area is 132 Å². The molecule has 126 valence electrons. The van der Waals surface area contributed by atoms with Crippen LogP contribution in [0, 0.1) is 0 Å². The first-order valence-corrected chi connectivity index (χ1v) is 8.49. The Morgan fingerprint density at radius 1 is 0.857 bits per heavy atom. The molecule has 0 bridgehead atoms. The molecule has 1 rings (SSSR count). The lowest BCUT2D eigenvalue weighted by Crippen LogP contribution is -2.48. The fourth-order valence-electron chi connectivity index (χ4n) is 2.48. The van der Waals surface area contributed by atoms with E-state index in [1.54, 1.807) is 0 Å². The zero-order chi connectivity index (χ0) is 15.9. The average Bonchev–Trinajstić information content (AvgIpc) is 2.34. The molecule has 0 aromatic carbocycles. The molecular weight excluding hydrogens is 262 g/mol. The van der Waals surface area contributed by atoms with Gasteiger partial charge in [-0.25, -0.2) is 0 Å². The van der Waals surface area contributed by atoms with E-state index in [-0.39, 0.29) is 11.1 Å². The van der Waals surface area contributed by atoms with Crippen molar-refractivity contribution in [1.29, 1.82) is 0 Å². The molecular formula is C17H37N3O. The summed E-state index contributed by atoms with van der Waals surface area (Å²) in [4.78, 5) is 5.11. The van der Waals surface area contributed by atoms with E-state index in [4.69, 9.17) is 4.74 Å². The molecule has 1 aliphatic rings. The molecule has 1 N–H and O–H groups in total. The highest BCUT2D eigenvalue weighted by molar-refractivity contribution is 4.74. The van der Waals surface area contributed by atoms with Crippen LogP contribution < -0.4 is 5.32 Å². The van der Waals surface area contributed by atoms with Crippen molar-refractivity contribution < 1.29 is 4.74 Å². The summed E-state index contributed by atoms with van der Waals surface area (Å²) in [6.45, 7) is 22.1. The second kappa shape index (κ2) is 8.47. The van der Waals surface area contributed by atoms with Gasteiger partial charge in [0.25, 0.3) is 0 Å². The van der Waals surface area contributed by atoms with Gasteiger partial charge in [-0.15, -0.1) is 0 Å². The van der Waals surface area contributed by atoms with E-state index < -0.39 is 0 Å². The van der Waals surface area contributed by atoms with E-state index in [1.807, 2.05) is 0 Å². The van der Waals surface area contributed by atoms with Gasteiger partial charge in [0.15, 0.2) is 0 Å². The fourth-order valence-corrected chi connectivity index (χ4v) is 2.48. The highest BCUT2D eigenvalue weighted by Gasteiger charge is 2.17.